The second kappa shape index (κ2) is 17.7. The van der Waals surface area contributed by atoms with Crippen LogP contribution in [0.15, 0.2) is 48.7 Å². The Balaban J connectivity index is 0.000000249. The molecule has 3 amide bonds. The molecule has 0 aromatic carbocycles. The first-order chi connectivity index (χ1) is 20.3. The van der Waals surface area contributed by atoms with E-state index in [0.717, 1.165) is 63.9 Å². The number of carbonyl (C=O) groups is 2. The minimum Gasteiger partial charge on any atom is -0.383 e. The van der Waals surface area contributed by atoms with Crippen LogP contribution in [0.25, 0.3) is 0 Å². The van der Waals surface area contributed by atoms with Crippen molar-refractivity contribution in [2.75, 3.05) is 60.0 Å². The molecule has 7 nitrogen and oxygen atoms in total. The number of urea groups is 1. The van der Waals surface area contributed by atoms with Crippen molar-refractivity contribution in [1.29, 1.82) is 0 Å². The summed E-state index contributed by atoms with van der Waals surface area (Å²) in [5.74, 6) is 2.30. The third-order valence-corrected chi connectivity index (χ3v) is 8.89. The van der Waals surface area contributed by atoms with Crippen molar-refractivity contribution in [3.63, 3.8) is 0 Å². The van der Waals surface area contributed by atoms with Gasteiger partial charge in [0.2, 0.25) is 5.91 Å². The van der Waals surface area contributed by atoms with E-state index in [0.29, 0.717) is 37.3 Å². The summed E-state index contributed by atoms with van der Waals surface area (Å²) in [4.78, 5) is 32.2. The molecule has 0 bridgehead atoms. The highest BCUT2D eigenvalue weighted by molar-refractivity contribution is 5.77. The number of carbonyl (C=O) groups excluding carboxylic acids is 2. The second-order valence-electron chi connectivity index (χ2n) is 14.1. The summed E-state index contributed by atoms with van der Waals surface area (Å²) < 4.78 is 4.96. The van der Waals surface area contributed by atoms with Crippen LogP contribution in [-0.2, 0) is 9.53 Å². The second-order valence-corrected chi connectivity index (χ2v) is 14.1. The van der Waals surface area contributed by atoms with E-state index < -0.39 is 0 Å². The average molecular weight is 599 g/mol. The van der Waals surface area contributed by atoms with E-state index in [9.17, 15) is 9.59 Å². The van der Waals surface area contributed by atoms with Gasteiger partial charge in [-0.05, 0) is 49.4 Å². The van der Waals surface area contributed by atoms with E-state index in [2.05, 4.69) is 83.7 Å². The molecule has 4 fully saturated rings. The number of rotatable bonds is 11. The molecule has 3 heterocycles. The number of hydrogen-bond donors (Lipinski definition) is 0. The third-order valence-electron chi connectivity index (χ3n) is 8.89. The number of likely N-dealkylation sites (tertiary alicyclic amines) is 2. The van der Waals surface area contributed by atoms with Crippen LogP contribution in [-0.4, -0.2) is 97.6 Å². The molecule has 4 rings (SSSR count). The van der Waals surface area contributed by atoms with Crippen molar-refractivity contribution in [3.05, 3.63) is 48.7 Å². The van der Waals surface area contributed by atoms with Gasteiger partial charge in [0, 0.05) is 77.5 Å². The molecule has 7 heteroatoms. The predicted molar refractivity (Wildman–Crippen MR) is 180 cm³/mol. The van der Waals surface area contributed by atoms with Crippen molar-refractivity contribution in [2.24, 2.45) is 23.2 Å². The van der Waals surface area contributed by atoms with Crippen LogP contribution in [0, 0.1) is 23.2 Å². The Morgan fingerprint density at radius 2 is 1.81 bits per heavy atom. The Hall–Kier alpha value is -2.54. The van der Waals surface area contributed by atoms with E-state index in [1.54, 1.807) is 7.11 Å². The molecule has 0 spiro atoms. The average Bonchev–Trinajstić information content (AvgIpc) is 3.54. The van der Waals surface area contributed by atoms with Gasteiger partial charge in [0.05, 0.1) is 6.61 Å². The number of ether oxygens (including phenoxy) is 1. The standard InChI is InChI=1S/C19H31NO.C10H20N2O2.C7H11N/c1-6-8-9-10-11-16(7-2)17-12-13-20(15-17)18(21)14-19(3,4)5;1-9(2)8-12-5-4-11(10(12)13)6-7-14-3;1-5-6-3-4-7(6)8(5)2/h6,8-9,11,17H,1,7,10,12-15H2,2-5H3;9H,4-8H2,1-3H3;6-7H,1,3-4H2,2H3/b9-8-,16-11+;;. The molecule has 3 aliphatic heterocycles. The number of hydrogen-bond acceptors (Lipinski definition) is 4. The van der Waals surface area contributed by atoms with Crippen LogP contribution >= 0.6 is 0 Å². The zero-order valence-electron chi connectivity index (χ0n) is 28.7. The first-order valence-electron chi connectivity index (χ1n) is 16.5. The van der Waals surface area contributed by atoms with Crippen LogP contribution in [0.3, 0.4) is 0 Å². The van der Waals surface area contributed by atoms with Gasteiger partial charge >= 0.3 is 6.03 Å². The molecule has 0 aromatic rings. The Morgan fingerprint density at radius 1 is 1.12 bits per heavy atom. The molecule has 244 valence electrons. The molecule has 43 heavy (non-hydrogen) atoms. The molecule has 0 radical (unpaired) electrons. The third kappa shape index (κ3) is 11.5. The summed E-state index contributed by atoms with van der Waals surface area (Å²) in [6, 6.07) is 1.05. The van der Waals surface area contributed by atoms with Crippen LogP contribution in [0.4, 0.5) is 4.79 Å². The topological polar surface area (TPSA) is 56.3 Å². The van der Waals surface area contributed by atoms with Gasteiger partial charge in [0.25, 0.3) is 0 Å². The smallest absolute Gasteiger partial charge is 0.320 e. The molecule has 1 saturated carbocycles. The zero-order chi connectivity index (χ0) is 32.2. The molecular formula is C36H62N4O3. The van der Waals surface area contributed by atoms with E-state index in [1.807, 2.05) is 22.0 Å². The number of methoxy groups -OCH3 is 1. The maximum absolute atomic E-state index is 12.3. The summed E-state index contributed by atoms with van der Waals surface area (Å²) in [6.07, 6.45) is 14.8. The van der Waals surface area contributed by atoms with Gasteiger partial charge in [0.15, 0.2) is 0 Å². The van der Waals surface area contributed by atoms with Crippen LogP contribution in [0.1, 0.15) is 80.1 Å². The highest BCUT2D eigenvalue weighted by Gasteiger charge is 2.46. The van der Waals surface area contributed by atoms with Gasteiger partial charge < -0.3 is 24.3 Å². The fourth-order valence-corrected chi connectivity index (χ4v) is 6.23. The monoisotopic (exact) mass is 598 g/mol. The lowest BCUT2D eigenvalue weighted by Gasteiger charge is -2.57. The van der Waals surface area contributed by atoms with E-state index in [1.165, 1.54) is 24.1 Å². The van der Waals surface area contributed by atoms with Gasteiger partial charge in [-0.25, -0.2) is 4.79 Å². The molecule has 1 aliphatic carbocycles. The minimum atomic E-state index is 0.0775. The van der Waals surface area contributed by atoms with Crippen LogP contribution in [0.5, 0.6) is 0 Å². The Morgan fingerprint density at radius 3 is 2.30 bits per heavy atom. The fraction of sp³-hybridized carbons (Fsp3) is 0.722. The summed E-state index contributed by atoms with van der Waals surface area (Å²) in [5, 5.41) is 0. The predicted octanol–water partition coefficient (Wildman–Crippen LogP) is 6.99. The molecule has 3 atom stereocenters. The summed E-state index contributed by atoms with van der Waals surface area (Å²) in [7, 11) is 3.80. The van der Waals surface area contributed by atoms with Crippen molar-refractivity contribution in [3.8, 4) is 0 Å². The summed E-state index contributed by atoms with van der Waals surface area (Å²) in [6.45, 7) is 26.2. The highest BCUT2D eigenvalue weighted by Crippen LogP contribution is 2.47. The molecule has 3 saturated heterocycles. The first-order valence-corrected chi connectivity index (χ1v) is 16.5. The maximum Gasteiger partial charge on any atom is 0.320 e. The number of allylic oxidation sites excluding steroid dienone is 4. The van der Waals surface area contributed by atoms with E-state index in [4.69, 9.17) is 4.74 Å². The van der Waals surface area contributed by atoms with Gasteiger partial charge in [-0.2, -0.15) is 0 Å². The Labute approximate surface area is 263 Å². The molecule has 4 aliphatic rings. The van der Waals surface area contributed by atoms with Crippen molar-refractivity contribution >= 4 is 11.9 Å². The SMILES string of the molecule is C=C/C=C\C/C=C(\CC)C1CCN(C(=O)CC(C)(C)C)C1.C=C1C2CCC2N1C.COCCN1CCN(CC(C)C)C1=O. The molecule has 0 aromatic heterocycles. The molecule has 0 N–H and O–H groups in total. The van der Waals surface area contributed by atoms with Crippen molar-refractivity contribution < 1.29 is 14.3 Å². The van der Waals surface area contributed by atoms with Crippen molar-refractivity contribution in [2.45, 2.75) is 86.1 Å². The van der Waals surface area contributed by atoms with Crippen LogP contribution < -0.4 is 0 Å². The number of piperidine rings is 1. The summed E-state index contributed by atoms with van der Waals surface area (Å²) in [5.41, 5.74) is 2.93. The lowest BCUT2D eigenvalue weighted by Crippen LogP contribution is -2.57. The molecular weight excluding hydrogens is 536 g/mol. The number of amides is 3. The number of fused-ring (bicyclic) bond motifs is 1. The van der Waals surface area contributed by atoms with Crippen molar-refractivity contribution in [1.82, 2.24) is 19.6 Å². The lowest BCUT2D eigenvalue weighted by molar-refractivity contribution is -0.132. The quantitative estimate of drug-likeness (QED) is 0.190. The van der Waals surface area contributed by atoms with E-state index >= 15 is 0 Å². The maximum atomic E-state index is 12.3. The summed E-state index contributed by atoms with van der Waals surface area (Å²) >= 11 is 0. The first kappa shape index (κ1) is 36.7. The van der Waals surface area contributed by atoms with E-state index in [-0.39, 0.29) is 11.4 Å². The lowest BCUT2D eigenvalue weighted by atomic mass is 9.69. The van der Waals surface area contributed by atoms with Gasteiger partial charge in [0.1, 0.15) is 0 Å². The number of nitrogens with zero attached hydrogens (tertiary/aromatic N) is 4. The Bertz CT molecular complexity index is 971. The minimum absolute atomic E-state index is 0.0775. The Kier molecular flexibility index (Phi) is 15.1. The largest absolute Gasteiger partial charge is 0.383 e. The highest BCUT2D eigenvalue weighted by atomic mass is 16.5. The van der Waals surface area contributed by atoms with Gasteiger partial charge in [-0.15, -0.1) is 0 Å². The van der Waals surface area contributed by atoms with Crippen LogP contribution in [0.2, 0.25) is 0 Å². The molecule has 3 unspecified atom stereocenters. The zero-order valence-corrected chi connectivity index (χ0v) is 28.7. The normalized spacial score (nSPS) is 23.5. The van der Waals surface area contributed by atoms with Gasteiger partial charge in [-0.3, -0.25) is 4.79 Å². The van der Waals surface area contributed by atoms with Gasteiger partial charge in [-0.1, -0.05) is 84.6 Å². The fourth-order valence-electron chi connectivity index (χ4n) is 6.23.